The Bertz CT molecular complexity index is 651. The first-order chi connectivity index (χ1) is 8.75. The molecule has 2 aromatic heterocycles. The van der Waals surface area contributed by atoms with Crippen molar-refractivity contribution in [2.45, 2.75) is 13.8 Å². The van der Waals surface area contributed by atoms with E-state index in [0.29, 0.717) is 0 Å². The zero-order valence-electron chi connectivity index (χ0n) is 10.2. The third kappa shape index (κ3) is 1.84. The average Bonchev–Trinajstić information content (AvgIpc) is 2.98. The molecule has 0 saturated carbocycles. The third-order valence-electron chi connectivity index (χ3n) is 2.81. The molecular formula is C14H12N2OS. The Kier molecular flexibility index (Phi) is 2.72. The van der Waals surface area contributed by atoms with Gasteiger partial charge in [0.25, 0.3) is 0 Å². The lowest BCUT2D eigenvalue weighted by atomic mass is 10.2. The van der Waals surface area contributed by atoms with Gasteiger partial charge in [-0.2, -0.15) is 0 Å². The number of hydrogen-bond donors (Lipinski definition) is 0. The maximum absolute atomic E-state index is 5.19. The molecule has 0 aliphatic heterocycles. The zero-order valence-corrected chi connectivity index (χ0v) is 11.0. The van der Waals surface area contributed by atoms with E-state index < -0.39 is 0 Å². The number of benzene rings is 1. The smallest absolute Gasteiger partial charge is 0.142 e. The van der Waals surface area contributed by atoms with E-state index in [1.807, 2.05) is 38.2 Å². The number of nitrogens with zero attached hydrogens (tertiary/aromatic N) is 2. The van der Waals surface area contributed by atoms with Crippen molar-refractivity contribution < 1.29 is 4.52 Å². The van der Waals surface area contributed by atoms with Crippen LogP contribution >= 0.6 is 11.3 Å². The predicted octanol–water partition coefficient (Wildman–Crippen LogP) is 4.08. The highest BCUT2D eigenvalue weighted by Gasteiger charge is 2.14. The fourth-order valence-corrected chi connectivity index (χ4v) is 3.01. The van der Waals surface area contributed by atoms with E-state index in [1.165, 1.54) is 0 Å². The Morgan fingerprint density at radius 2 is 1.89 bits per heavy atom. The van der Waals surface area contributed by atoms with Gasteiger partial charge in [0, 0.05) is 11.8 Å². The molecule has 3 rings (SSSR count). The molecule has 1 aromatic carbocycles. The fraction of sp³-hybridized carbons (Fsp3) is 0.143. The summed E-state index contributed by atoms with van der Waals surface area (Å²) in [6, 6.07) is 10.2. The van der Waals surface area contributed by atoms with Gasteiger partial charge in [-0.05, 0) is 13.8 Å². The van der Waals surface area contributed by atoms with Gasteiger partial charge >= 0.3 is 0 Å². The minimum Gasteiger partial charge on any atom is -0.361 e. The lowest BCUT2D eigenvalue weighted by molar-refractivity contribution is 0.393. The van der Waals surface area contributed by atoms with Crippen LogP contribution in [0.5, 0.6) is 0 Å². The van der Waals surface area contributed by atoms with E-state index in [1.54, 1.807) is 11.3 Å². The highest BCUT2D eigenvalue weighted by atomic mass is 32.1. The molecular weight excluding hydrogens is 244 g/mol. The molecule has 3 nitrogen and oxygen atoms in total. The summed E-state index contributed by atoms with van der Waals surface area (Å²) in [6.45, 7) is 3.88. The van der Waals surface area contributed by atoms with Crippen molar-refractivity contribution in [3.05, 3.63) is 48.0 Å². The molecule has 0 aliphatic carbocycles. The summed E-state index contributed by atoms with van der Waals surface area (Å²) in [4.78, 5) is 5.58. The van der Waals surface area contributed by atoms with E-state index in [2.05, 4.69) is 22.3 Å². The van der Waals surface area contributed by atoms with Crippen LogP contribution in [0, 0.1) is 13.8 Å². The average molecular weight is 256 g/mol. The minimum atomic E-state index is 0.843. The summed E-state index contributed by atoms with van der Waals surface area (Å²) in [6.07, 6.45) is 1.89. The van der Waals surface area contributed by atoms with Crippen LogP contribution in [-0.2, 0) is 0 Å². The molecule has 0 radical (unpaired) electrons. The van der Waals surface area contributed by atoms with Gasteiger partial charge in [-0.25, -0.2) is 4.98 Å². The van der Waals surface area contributed by atoms with Crippen molar-refractivity contribution >= 4 is 11.3 Å². The second-order valence-corrected chi connectivity index (χ2v) is 5.13. The minimum absolute atomic E-state index is 0.843. The van der Waals surface area contributed by atoms with Crippen LogP contribution in [0.15, 0.2) is 41.1 Å². The van der Waals surface area contributed by atoms with Crippen LogP contribution in [-0.4, -0.2) is 10.1 Å². The molecule has 18 heavy (non-hydrogen) atoms. The van der Waals surface area contributed by atoms with E-state index >= 15 is 0 Å². The Hall–Kier alpha value is -1.94. The normalized spacial score (nSPS) is 10.8. The Labute approximate surface area is 109 Å². The molecule has 0 N–H and O–H groups in total. The molecule has 2 heterocycles. The third-order valence-corrected chi connectivity index (χ3v) is 3.87. The largest absolute Gasteiger partial charge is 0.361 e. The Balaban J connectivity index is 2.05. The zero-order chi connectivity index (χ0) is 12.5. The monoisotopic (exact) mass is 256 g/mol. The maximum Gasteiger partial charge on any atom is 0.142 e. The second kappa shape index (κ2) is 4.38. The van der Waals surface area contributed by atoms with Gasteiger partial charge in [-0.15, -0.1) is 11.3 Å². The molecule has 0 bridgehead atoms. The van der Waals surface area contributed by atoms with Crippen molar-refractivity contribution in [1.82, 2.24) is 10.1 Å². The predicted molar refractivity (Wildman–Crippen MR) is 72.5 cm³/mol. The fourth-order valence-electron chi connectivity index (χ4n) is 1.94. The summed E-state index contributed by atoms with van der Waals surface area (Å²) in [5, 5.41) is 5.00. The van der Waals surface area contributed by atoms with Gasteiger partial charge in [-0.1, -0.05) is 35.5 Å². The number of aromatic nitrogens is 2. The summed E-state index contributed by atoms with van der Waals surface area (Å²) in [5.74, 6) is 0.843. The van der Waals surface area contributed by atoms with Crippen molar-refractivity contribution in [3.8, 4) is 21.0 Å². The van der Waals surface area contributed by atoms with Crippen molar-refractivity contribution in [2.75, 3.05) is 0 Å². The summed E-state index contributed by atoms with van der Waals surface area (Å²) in [5.41, 5.74) is 3.12. The highest BCUT2D eigenvalue weighted by molar-refractivity contribution is 7.18. The quantitative estimate of drug-likeness (QED) is 0.693. The van der Waals surface area contributed by atoms with Crippen molar-refractivity contribution in [3.63, 3.8) is 0 Å². The molecule has 4 heteroatoms. The van der Waals surface area contributed by atoms with E-state index in [9.17, 15) is 0 Å². The number of hydrogen-bond acceptors (Lipinski definition) is 4. The Morgan fingerprint density at radius 1 is 1.11 bits per heavy atom. The SMILES string of the molecule is Cc1noc(C)c1-c1cnc(-c2ccccc2)s1. The molecule has 0 amide bonds. The molecule has 0 aliphatic rings. The molecule has 3 aromatic rings. The van der Waals surface area contributed by atoms with Crippen LogP contribution < -0.4 is 0 Å². The van der Waals surface area contributed by atoms with E-state index in [0.717, 1.165) is 32.5 Å². The van der Waals surface area contributed by atoms with Gasteiger partial charge in [0.1, 0.15) is 10.8 Å². The van der Waals surface area contributed by atoms with Gasteiger partial charge in [0.15, 0.2) is 0 Å². The van der Waals surface area contributed by atoms with Gasteiger partial charge in [0.2, 0.25) is 0 Å². The summed E-state index contributed by atoms with van der Waals surface area (Å²) < 4.78 is 5.19. The number of thiazole rings is 1. The van der Waals surface area contributed by atoms with Gasteiger partial charge in [-0.3, -0.25) is 0 Å². The Morgan fingerprint density at radius 3 is 2.56 bits per heavy atom. The highest BCUT2D eigenvalue weighted by Crippen LogP contribution is 2.35. The van der Waals surface area contributed by atoms with E-state index in [4.69, 9.17) is 4.52 Å². The van der Waals surface area contributed by atoms with Crippen LogP contribution in [0.4, 0.5) is 0 Å². The molecule has 0 atom stereocenters. The topological polar surface area (TPSA) is 38.9 Å². The summed E-state index contributed by atoms with van der Waals surface area (Å²) in [7, 11) is 0. The van der Waals surface area contributed by atoms with Crippen LogP contribution in [0.25, 0.3) is 21.0 Å². The lowest BCUT2D eigenvalue weighted by Gasteiger charge is -1.94. The summed E-state index contributed by atoms with van der Waals surface area (Å²) >= 11 is 1.66. The molecule has 0 fully saturated rings. The molecule has 0 unspecified atom stereocenters. The van der Waals surface area contributed by atoms with Crippen LogP contribution in [0.2, 0.25) is 0 Å². The van der Waals surface area contributed by atoms with E-state index in [-0.39, 0.29) is 0 Å². The second-order valence-electron chi connectivity index (χ2n) is 4.09. The first-order valence-electron chi connectivity index (χ1n) is 5.70. The van der Waals surface area contributed by atoms with Gasteiger partial charge < -0.3 is 4.52 Å². The lowest BCUT2D eigenvalue weighted by Crippen LogP contribution is -1.76. The van der Waals surface area contributed by atoms with Gasteiger partial charge in [0.05, 0.1) is 16.1 Å². The van der Waals surface area contributed by atoms with Crippen LogP contribution in [0.1, 0.15) is 11.5 Å². The standard InChI is InChI=1S/C14H12N2OS/c1-9-13(10(2)17-16-9)12-8-15-14(18-12)11-6-4-3-5-7-11/h3-8H,1-2H3. The number of aryl methyl sites for hydroxylation is 2. The van der Waals surface area contributed by atoms with Crippen molar-refractivity contribution in [2.24, 2.45) is 0 Å². The van der Waals surface area contributed by atoms with Crippen molar-refractivity contribution in [1.29, 1.82) is 0 Å². The molecule has 0 spiro atoms. The molecule has 0 saturated heterocycles. The first kappa shape index (κ1) is 11.2. The van der Waals surface area contributed by atoms with Crippen LogP contribution in [0.3, 0.4) is 0 Å². The maximum atomic E-state index is 5.19. The number of rotatable bonds is 2. The molecule has 90 valence electrons. The first-order valence-corrected chi connectivity index (χ1v) is 6.52.